The predicted octanol–water partition coefficient (Wildman–Crippen LogP) is 2.15. The first-order chi connectivity index (χ1) is 7.72. The number of hydrogen-bond donors (Lipinski definition) is 2. The molecule has 16 heavy (non-hydrogen) atoms. The lowest BCUT2D eigenvalue weighted by Crippen LogP contribution is -2.00. The van der Waals surface area contributed by atoms with Crippen LogP contribution in [0.5, 0.6) is 5.75 Å². The number of aromatic amines is 1. The molecule has 0 aliphatic heterocycles. The standard InChI is InChI=1S/C11H11ClN2O2/c1-16-10-3-2-7(4-8(10)12)11(15)9-5-13-6-14-9/h2-6,11,15H,1H3,(H,13,14). The number of aliphatic hydroxyl groups is 1. The van der Waals surface area contributed by atoms with E-state index in [0.29, 0.717) is 22.0 Å². The Balaban J connectivity index is 2.31. The maximum Gasteiger partial charge on any atom is 0.137 e. The van der Waals surface area contributed by atoms with Crippen molar-refractivity contribution in [3.63, 3.8) is 0 Å². The number of rotatable bonds is 3. The Morgan fingerprint density at radius 2 is 2.31 bits per heavy atom. The highest BCUT2D eigenvalue weighted by Crippen LogP contribution is 2.29. The van der Waals surface area contributed by atoms with Crippen LogP contribution in [0.3, 0.4) is 0 Å². The van der Waals surface area contributed by atoms with Crippen LogP contribution >= 0.6 is 11.6 Å². The summed E-state index contributed by atoms with van der Waals surface area (Å²) in [5.41, 5.74) is 1.24. The largest absolute Gasteiger partial charge is 0.495 e. The van der Waals surface area contributed by atoms with Crippen molar-refractivity contribution in [2.24, 2.45) is 0 Å². The van der Waals surface area contributed by atoms with Gasteiger partial charge < -0.3 is 14.8 Å². The molecule has 84 valence electrons. The number of benzene rings is 1. The normalized spacial score (nSPS) is 12.4. The highest BCUT2D eigenvalue weighted by Gasteiger charge is 2.13. The number of methoxy groups -OCH3 is 1. The van der Waals surface area contributed by atoms with E-state index < -0.39 is 6.10 Å². The van der Waals surface area contributed by atoms with E-state index in [2.05, 4.69) is 9.97 Å². The maximum absolute atomic E-state index is 9.99. The number of nitrogens with one attached hydrogen (secondary N) is 1. The summed E-state index contributed by atoms with van der Waals surface area (Å²) >= 11 is 5.97. The lowest BCUT2D eigenvalue weighted by Gasteiger charge is -2.10. The minimum absolute atomic E-state index is 0.467. The molecule has 0 amide bonds. The third-order valence-electron chi connectivity index (χ3n) is 2.29. The third-order valence-corrected chi connectivity index (χ3v) is 2.59. The summed E-state index contributed by atoms with van der Waals surface area (Å²) in [6, 6.07) is 5.14. The number of H-pyrrole nitrogens is 1. The lowest BCUT2D eigenvalue weighted by molar-refractivity contribution is 0.216. The highest BCUT2D eigenvalue weighted by molar-refractivity contribution is 6.32. The second kappa shape index (κ2) is 4.55. The Kier molecular flexibility index (Phi) is 3.12. The molecule has 1 aromatic heterocycles. The molecule has 0 aliphatic carbocycles. The van der Waals surface area contributed by atoms with Crippen LogP contribution in [0, 0.1) is 0 Å². The van der Waals surface area contributed by atoms with Gasteiger partial charge in [-0.05, 0) is 17.7 Å². The molecule has 2 rings (SSSR count). The van der Waals surface area contributed by atoms with Crippen LogP contribution in [-0.2, 0) is 0 Å². The minimum Gasteiger partial charge on any atom is -0.495 e. The zero-order valence-corrected chi connectivity index (χ0v) is 9.40. The number of aromatic nitrogens is 2. The molecule has 0 aliphatic rings. The number of ether oxygens (including phenoxy) is 1. The summed E-state index contributed by atoms with van der Waals surface area (Å²) in [7, 11) is 1.55. The fourth-order valence-corrected chi connectivity index (χ4v) is 1.71. The molecule has 1 heterocycles. The van der Waals surface area contributed by atoms with Crippen LogP contribution in [0.25, 0.3) is 0 Å². The average molecular weight is 239 g/mol. The SMILES string of the molecule is COc1ccc(C(O)c2c[nH]cn2)cc1Cl. The Bertz CT molecular complexity index is 471. The molecule has 1 atom stereocenters. The Morgan fingerprint density at radius 3 is 2.88 bits per heavy atom. The first-order valence-corrected chi connectivity index (χ1v) is 5.10. The third kappa shape index (κ3) is 2.03. The van der Waals surface area contributed by atoms with E-state index in [1.54, 1.807) is 31.5 Å². The first-order valence-electron chi connectivity index (χ1n) is 4.72. The molecular formula is C11H11ClN2O2. The van der Waals surface area contributed by atoms with E-state index in [-0.39, 0.29) is 0 Å². The van der Waals surface area contributed by atoms with Gasteiger partial charge in [0.2, 0.25) is 0 Å². The summed E-state index contributed by atoms with van der Waals surface area (Å²) < 4.78 is 5.04. The van der Waals surface area contributed by atoms with Crippen LogP contribution < -0.4 is 4.74 Å². The second-order valence-corrected chi connectivity index (χ2v) is 3.70. The topological polar surface area (TPSA) is 58.1 Å². The number of aliphatic hydroxyl groups excluding tert-OH is 1. The van der Waals surface area contributed by atoms with Crippen LogP contribution in [-0.4, -0.2) is 22.2 Å². The second-order valence-electron chi connectivity index (χ2n) is 3.29. The molecule has 0 bridgehead atoms. The van der Waals surface area contributed by atoms with Crippen LogP contribution in [0.2, 0.25) is 5.02 Å². The number of halogens is 1. The monoisotopic (exact) mass is 238 g/mol. The van der Waals surface area contributed by atoms with E-state index >= 15 is 0 Å². The zero-order valence-electron chi connectivity index (χ0n) is 8.64. The summed E-state index contributed by atoms with van der Waals surface area (Å²) in [5, 5.41) is 10.5. The summed E-state index contributed by atoms with van der Waals surface area (Å²) in [4.78, 5) is 6.77. The molecule has 0 radical (unpaired) electrons. The summed E-state index contributed by atoms with van der Waals surface area (Å²) in [5.74, 6) is 0.583. The smallest absolute Gasteiger partial charge is 0.137 e. The molecule has 1 unspecified atom stereocenters. The van der Waals surface area contributed by atoms with Crippen molar-refractivity contribution in [1.29, 1.82) is 0 Å². The molecule has 2 N–H and O–H groups in total. The van der Waals surface area contributed by atoms with Crippen molar-refractivity contribution in [3.05, 3.63) is 47.0 Å². The van der Waals surface area contributed by atoms with Gasteiger partial charge in [-0.15, -0.1) is 0 Å². The van der Waals surface area contributed by atoms with Crippen molar-refractivity contribution in [2.45, 2.75) is 6.10 Å². The van der Waals surface area contributed by atoms with E-state index in [4.69, 9.17) is 16.3 Å². The number of imidazole rings is 1. The molecular weight excluding hydrogens is 228 g/mol. The van der Waals surface area contributed by atoms with E-state index in [0.717, 1.165) is 0 Å². The fourth-order valence-electron chi connectivity index (χ4n) is 1.44. The van der Waals surface area contributed by atoms with Crippen molar-refractivity contribution in [1.82, 2.24) is 9.97 Å². The molecule has 1 aromatic carbocycles. The van der Waals surface area contributed by atoms with E-state index in [1.165, 1.54) is 6.33 Å². The summed E-state index contributed by atoms with van der Waals surface area (Å²) in [6.07, 6.45) is 2.38. The van der Waals surface area contributed by atoms with Crippen molar-refractivity contribution >= 4 is 11.6 Å². The van der Waals surface area contributed by atoms with Gasteiger partial charge in [0.05, 0.1) is 24.2 Å². The van der Waals surface area contributed by atoms with Gasteiger partial charge in [0.25, 0.3) is 0 Å². The van der Waals surface area contributed by atoms with Crippen LogP contribution in [0.1, 0.15) is 17.4 Å². The van der Waals surface area contributed by atoms with Gasteiger partial charge in [0.1, 0.15) is 11.9 Å². The van der Waals surface area contributed by atoms with E-state index in [1.807, 2.05) is 0 Å². The molecule has 0 spiro atoms. The van der Waals surface area contributed by atoms with Gasteiger partial charge in [-0.1, -0.05) is 17.7 Å². The quantitative estimate of drug-likeness (QED) is 0.862. The number of nitrogens with zero attached hydrogens (tertiary/aromatic N) is 1. The Morgan fingerprint density at radius 1 is 1.50 bits per heavy atom. The lowest BCUT2D eigenvalue weighted by atomic mass is 10.1. The molecule has 4 nitrogen and oxygen atoms in total. The molecule has 0 saturated heterocycles. The van der Waals surface area contributed by atoms with Crippen molar-refractivity contribution in [2.75, 3.05) is 7.11 Å². The Hall–Kier alpha value is -1.52. The Labute approximate surface area is 97.9 Å². The first kappa shape index (κ1) is 11.0. The van der Waals surface area contributed by atoms with Crippen LogP contribution in [0.15, 0.2) is 30.7 Å². The van der Waals surface area contributed by atoms with Crippen molar-refractivity contribution < 1.29 is 9.84 Å². The van der Waals surface area contributed by atoms with Gasteiger partial charge >= 0.3 is 0 Å². The summed E-state index contributed by atoms with van der Waals surface area (Å²) in [6.45, 7) is 0. The minimum atomic E-state index is -0.783. The van der Waals surface area contributed by atoms with Gasteiger partial charge in [-0.3, -0.25) is 0 Å². The zero-order chi connectivity index (χ0) is 11.5. The van der Waals surface area contributed by atoms with Gasteiger partial charge in [0, 0.05) is 6.20 Å². The van der Waals surface area contributed by atoms with Gasteiger partial charge in [-0.25, -0.2) is 4.98 Å². The van der Waals surface area contributed by atoms with Crippen molar-refractivity contribution in [3.8, 4) is 5.75 Å². The van der Waals surface area contributed by atoms with Gasteiger partial charge in [-0.2, -0.15) is 0 Å². The molecule has 5 heteroatoms. The highest BCUT2D eigenvalue weighted by atomic mass is 35.5. The van der Waals surface area contributed by atoms with Crippen LogP contribution in [0.4, 0.5) is 0 Å². The number of hydrogen-bond acceptors (Lipinski definition) is 3. The molecule has 2 aromatic rings. The predicted molar refractivity (Wildman–Crippen MR) is 60.7 cm³/mol. The fraction of sp³-hybridized carbons (Fsp3) is 0.182. The maximum atomic E-state index is 9.99. The molecule has 0 fully saturated rings. The van der Waals surface area contributed by atoms with E-state index in [9.17, 15) is 5.11 Å². The molecule has 0 saturated carbocycles. The average Bonchev–Trinajstić information content (AvgIpc) is 2.81. The van der Waals surface area contributed by atoms with Gasteiger partial charge in [0.15, 0.2) is 0 Å².